The Balaban J connectivity index is 2.66. The fraction of sp³-hybridized carbons (Fsp3) is 0.444. The Morgan fingerprint density at radius 3 is 2.55 bits per heavy atom. The first-order valence-corrected chi connectivity index (χ1v) is 7.48. The van der Waals surface area contributed by atoms with Crippen LogP contribution in [0.4, 0.5) is 18.9 Å². The Hall–Kier alpha value is -1.33. The van der Waals surface area contributed by atoms with Gasteiger partial charge in [0, 0.05) is 18.1 Å². The molecule has 6 nitrogen and oxygen atoms in total. The van der Waals surface area contributed by atoms with Crippen LogP contribution >= 0.6 is 11.3 Å². The third-order valence-corrected chi connectivity index (χ3v) is 5.35. The molecule has 1 aromatic heterocycles. The first kappa shape index (κ1) is 16.7. The Bertz CT molecular complexity index is 583. The van der Waals surface area contributed by atoms with Gasteiger partial charge in [-0.3, -0.25) is 4.79 Å². The van der Waals surface area contributed by atoms with Gasteiger partial charge in [0.25, 0.3) is 10.0 Å². The largest absolute Gasteiger partial charge is 0.405 e. The maximum Gasteiger partial charge on any atom is 0.405 e. The van der Waals surface area contributed by atoms with Crippen LogP contribution in [0, 0.1) is 0 Å². The lowest BCUT2D eigenvalue weighted by molar-refractivity contribution is -0.138. The van der Waals surface area contributed by atoms with Gasteiger partial charge in [0.05, 0.1) is 6.54 Å². The Kier molecular flexibility index (Phi) is 5.00. The van der Waals surface area contributed by atoms with Crippen molar-refractivity contribution in [2.75, 3.05) is 25.9 Å². The number of alkyl halides is 3. The van der Waals surface area contributed by atoms with Gasteiger partial charge in [-0.2, -0.15) is 17.5 Å². The number of amides is 1. The van der Waals surface area contributed by atoms with Gasteiger partial charge < -0.3 is 11.1 Å². The highest BCUT2D eigenvalue weighted by atomic mass is 32.2. The lowest BCUT2D eigenvalue weighted by Gasteiger charge is -2.16. The van der Waals surface area contributed by atoms with Crippen LogP contribution in [0.2, 0.25) is 0 Å². The zero-order valence-corrected chi connectivity index (χ0v) is 11.9. The molecule has 3 N–H and O–H groups in total. The zero-order chi connectivity index (χ0) is 15.6. The van der Waals surface area contributed by atoms with E-state index >= 15 is 0 Å². The van der Waals surface area contributed by atoms with Gasteiger partial charge in [0.1, 0.15) is 10.8 Å². The molecule has 114 valence electrons. The number of thiophene rings is 1. The number of sulfonamides is 1. The van der Waals surface area contributed by atoms with Crippen LogP contribution in [-0.2, 0) is 14.8 Å². The summed E-state index contributed by atoms with van der Waals surface area (Å²) in [5.41, 5.74) is 5.65. The van der Waals surface area contributed by atoms with E-state index in [-0.39, 0.29) is 9.90 Å². The molecule has 0 radical (unpaired) electrons. The van der Waals surface area contributed by atoms with Crippen molar-refractivity contribution in [3.05, 3.63) is 11.4 Å². The predicted octanol–water partition coefficient (Wildman–Crippen LogP) is 0.629. The first-order valence-electron chi connectivity index (χ1n) is 5.16. The highest BCUT2D eigenvalue weighted by Crippen LogP contribution is 2.24. The van der Waals surface area contributed by atoms with Crippen molar-refractivity contribution in [3.63, 3.8) is 0 Å². The van der Waals surface area contributed by atoms with Crippen molar-refractivity contribution in [1.82, 2.24) is 9.62 Å². The van der Waals surface area contributed by atoms with Crippen molar-refractivity contribution in [1.29, 1.82) is 0 Å². The molecule has 0 aliphatic heterocycles. The number of carbonyl (C=O) groups is 1. The van der Waals surface area contributed by atoms with E-state index in [0.717, 1.165) is 18.4 Å². The second kappa shape index (κ2) is 5.97. The van der Waals surface area contributed by atoms with Crippen molar-refractivity contribution < 1.29 is 26.4 Å². The summed E-state index contributed by atoms with van der Waals surface area (Å²) in [6.45, 7) is -2.22. The van der Waals surface area contributed by atoms with E-state index in [4.69, 9.17) is 5.73 Å². The van der Waals surface area contributed by atoms with Gasteiger partial charge in [-0.1, -0.05) is 0 Å². The Labute approximate surface area is 117 Å². The molecular formula is C9H12F3N3O3S2. The molecule has 1 amide bonds. The molecule has 0 spiro atoms. The standard InChI is InChI=1S/C9H12F3N3O3S2/c1-15(3-7(16)14-5-9(10,11)12)20(17,18)8-2-6(13)4-19-8/h2,4H,3,5,13H2,1H3,(H,14,16). The summed E-state index contributed by atoms with van der Waals surface area (Å²) in [5, 5.41) is 3.00. The highest BCUT2D eigenvalue weighted by Gasteiger charge is 2.29. The van der Waals surface area contributed by atoms with Crippen LogP contribution in [0.1, 0.15) is 0 Å². The molecule has 1 rings (SSSR count). The maximum atomic E-state index is 12.0. The second-order valence-electron chi connectivity index (χ2n) is 3.85. The van der Waals surface area contributed by atoms with Crippen molar-refractivity contribution in [2.24, 2.45) is 0 Å². The Morgan fingerprint density at radius 2 is 2.10 bits per heavy atom. The van der Waals surface area contributed by atoms with Crippen molar-refractivity contribution in [2.45, 2.75) is 10.4 Å². The second-order valence-corrected chi connectivity index (χ2v) is 7.04. The number of anilines is 1. The van der Waals surface area contributed by atoms with Crippen molar-refractivity contribution >= 4 is 33.0 Å². The number of nitrogen functional groups attached to an aromatic ring is 1. The number of rotatable bonds is 5. The molecule has 0 bridgehead atoms. The van der Waals surface area contributed by atoms with E-state index in [0.29, 0.717) is 4.31 Å². The van der Waals surface area contributed by atoms with E-state index in [9.17, 15) is 26.4 Å². The normalized spacial score (nSPS) is 12.7. The van der Waals surface area contributed by atoms with Crippen molar-refractivity contribution in [3.8, 4) is 0 Å². The SMILES string of the molecule is CN(CC(=O)NCC(F)(F)F)S(=O)(=O)c1cc(N)cs1. The molecule has 1 heterocycles. The minimum Gasteiger partial charge on any atom is -0.398 e. The molecule has 0 aliphatic carbocycles. The molecule has 0 aliphatic rings. The molecule has 0 unspecified atom stereocenters. The summed E-state index contributed by atoms with van der Waals surface area (Å²) in [7, 11) is -2.84. The van der Waals surface area contributed by atoms with E-state index in [1.165, 1.54) is 11.4 Å². The summed E-state index contributed by atoms with van der Waals surface area (Å²) in [4.78, 5) is 11.2. The fourth-order valence-corrected chi connectivity index (χ4v) is 3.58. The zero-order valence-electron chi connectivity index (χ0n) is 10.3. The first-order chi connectivity index (χ1) is 9.02. The number of hydrogen-bond acceptors (Lipinski definition) is 5. The number of nitrogens with zero attached hydrogens (tertiary/aromatic N) is 1. The molecule has 0 atom stereocenters. The minimum absolute atomic E-state index is 0.0823. The number of halogens is 3. The summed E-state index contributed by atoms with van der Waals surface area (Å²) in [5.74, 6) is -1.04. The Morgan fingerprint density at radius 1 is 1.50 bits per heavy atom. The monoisotopic (exact) mass is 331 g/mol. The number of carbonyl (C=O) groups excluding carboxylic acids is 1. The third kappa shape index (κ3) is 4.65. The van der Waals surface area contributed by atoms with Crippen LogP contribution in [0.5, 0.6) is 0 Å². The lowest BCUT2D eigenvalue weighted by atomic mass is 10.5. The summed E-state index contributed by atoms with van der Waals surface area (Å²) >= 11 is 0.863. The van der Waals surface area contributed by atoms with Crippen LogP contribution in [0.25, 0.3) is 0 Å². The van der Waals surface area contributed by atoms with Crippen LogP contribution < -0.4 is 11.1 Å². The maximum absolute atomic E-state index is 12.0. The molecular weight excluding hydrogens is 319 g/mol. The molecule has 11 heteroatoms. The molecule has 0 saturated heterocycles. The molecule has 0 saturated carbocycles. The summed E-state index contributed by atoms with van der Waals surface area (Å²) in [6, 6.07) is 1.21. The number of nitrogens with one attached hydrogen (secondary N) is 1. The summed E-state index contributed by atoms with van der Waals surface area (Å²) < 4.78 is 60.2. The van der Waals surface area contributed by atoms with Crippen LogP contribution in [0.15, 0.2) is 15.7 Å². The lowest BCUT2D eigenvalue weighted by Crippen LogP contribution is -2.41. The van der Waals surface area contributed by atoms with Gasteiger partial charge in [-0.15, -0.1) is 11.3 Å². The average Bonchev–Trinajstić information content (AvgIpc) is 2.73. The summed E-state index contributed by atoms with van der Waals surface area (Å²) in [6.07, 6.45) is -4.55. The predicted molar refractivity (Wildman–Crippen MR) is 67.6 cm³/mol. The smallest absolute Gasteiger partial charge is 0.398 e. The van der Waals surface area contributed by atoms with Gasteiger partial charge in [0.15, 0.2) is 0 Å². The highest BCUT2D eigenvalue weighted by molar-refractivity contribution is 7.91. The topological polar surface area (TPSA) is 92.5 Å². The van der Waals surface area contributed by atoms with Gasteiger partial charge >= 0.3 is 6.18 Å². The van der Waals surface area contributed by atoms with Gasteiger partial charge in [-0.05, 0) is 6.07 Å². The molecule has 1 aromatic rings. The molecule has 20 heavy (non-hydrogen) atoms. The quantitative estimate of drug-likeness (QED) is 0.828. The molecule has 0 aromatic carbocycles. The molecule has 0 fully saturated rings. The van der Waals surface area contributed by atoms with Crippen LogP contribution in [0.3, 0.4) is 0 Å². The van der Waals surface area contributed by atoms with E-state index < -0.39 is 35.2 Å². The number of likely N-dealkylation sites (N-methyl/N-ethyl adjacent to an activating group) is 1. The fourth-order valence-electron chi connectivity index (χ4n) is 1.16. The van der Waals surface area contributed by atoms with Gasteiger partial charge in [-0.25, -0.2) is 8.42 Å². The number of hydrogen-bond donors (Lipinski definition) is 2. The van der Waals surface area contributed by atoms with E-state index in [1.807, 2.05) is 0 Å². The van der Waals surface area contributed by atoms with E-state index in [1.54, 1.807) is 5.32 Å². The van der Waals surface area contributed by atoms with Crippen LogP contribution in [-0.4, -0.2) is 44.9 Å². The minimum atomic E-state index is -4.55. The third-order valence-electron chi connectivity index (χ3n) is 2.11. The average molecular weight is 331 g/mol. The van der Waals surface area contributed by atoms with Gasteiger partial charge in [0.2, 0.25) is 5.91 Å². The number of nitrogens with two attached hydrogens (primary N) is 1. The van der Waals surface area contributed by atoms with E-state index in [2.05, 4.69) is 0 Å².